The molecule has 3 nitrogen and oxygen atoms in total. The van der Waals surface area contributed by atoms with Gasteiger partial charge in [-0.25, -0.2) is 9.18 Å². The average Bonchev–Trinajstić information content (AvgIpc) is 2.66. The molecule has 0 unspecified atom stereocenters. The molecule has 132 valence electrons. The summed E-state index contributed by atoms with van der Waals surface area (Å²) in [6, 6.07) is 13.8. The van der Waals surface area contributed by atoms with E-state index in [4.69, 9.17) is 9.72 Å². The molecule has 0 saturated carbocycles. The smallest absolute Gasteiger partial charge is 0.339 e. The number of nitrogens with zero attached hydrogens (tertiary/aromatic N) is 1. The molecular weight excluding hydrogens is 329 g/mol. The number of rotatable bonds is 3. The van der Waals surface area contributed by atoms with Crippen molar-refractivity contribution in [2.75, 3.05) is 0 Å². The topological polar surface area (TPSA) is 39.2 Å². The minimum absolute atomic E-state index is 0.304. The summed E-state index contributed by atoms with van der Waals surface area (Å²) in [5.74, 6) is -0.639. The van der Waals surface area contributed by atoms with Gasteiger partial charge in [0.05, 0.1) is 11.1 Å². The highest BCUT2D eigenvalue weighted by molar-refractivity contribution is 6.05. The second kappa shape index (κ2) is 6.87. The minimum Gasteiger partial charge on any atom is -0.454 e. The number of esters is 1. The van der Waals surface area contributed by atoms with Crippen molar-refractivity contribution in [3.63, 3.8) is 0 Å². The van der Waals surface area contributed by atoms with E-state index < -0.39 is 6.10 Å². The molecule has 26 heavy (non-hydrogen) atoms. The number of para-hydroxylation sites is 1. The van der Waals surface area contributed by atoms with Gasteiger partial charge in [-0.1, -0.05) is 30.3 Å². The Bertz CT molecular complexity index is 966. The number of pyridine rings is 1. The van der Waals surface area contributed by atoms with E-state index >= 15 is 0 Å². The number of aryl methyl sites for hydroxylation is 1. The molecule has 3 aromatic rings. The van der Waals surface area contributed by atoms with Crippen molar-refractivity contribution >= 4 is 16.9 Å². The third-order valence-corrected chi connectivity index (χ3v) is 5.00. The van der Waals surface area contributed by atoms with Gasteiger partial charge in [0, 0.05) is 11.1 Å². The molecule has 1 aliphatic rings. The van der Waals surface area contributed by atoms with Crippen LogP contribution in [0, 0.1) is 5.82 Å². The van der Waals surface area contributed by atoms with Gasteiger partial charge in [-0.05, 0) is 61.9 Å². The number of hydrogen-bond donors (Lipinski definition) is 0. The van der Waals surface area contributed by atoms with Crippen molar-refractivity contribution < 1.29 is 13.9 Å². The van der Waals surface area contributed by atoms with Crippen LogP contribution in [-0.2, 0) is 17.6 Å². The molecule has 0 spiro atoms. The predicted molar refractivity (Wildman–Crippen MR) is 98.6 cm³/mol. The normalized spacial score (nSPS) is 14.7. The molecule has 4 rings (SSSR count). The summed E-state index contributed by atoms with van der Waals surface area (Å²) in [5.41, 5.74) is 4.27. The van der Waals surface area contributed by atoms with Gasteiger partial charge in [0.1, 0.15) is 11.9 Å². The molecule has 0 saturated heterocycles. The fourth-order valence-electron chi connectivity index (χ4n) is 3.63. The molecule has 2 aromatic carbocycles. The molecule has 0 aliphatic heterocycles. The number of benzene rings is 2. The van der Waals surface area contributed by atoms with Crippen LogP contribution in [0.15, 0.2) is 48.5 Å². The SMILES string of the molecule is C[C@@H](OC(=O)c1c2c(nc3ccccc13)CCCC2)c1ccc(F)cc1. The zero-order chi connectivity index (χ0) is 18.1. The van der Waals surface area contributed by atoms with Crippen LogP contribution in [0.1, 0.15) is 53.0 Å². The highest BCUT2D eigenvalue weighted by atomic mass is 19.1. The van der Waals surface area contributed by atoms with Crippen molar-refractivity contribution in [3.8, 4) is 0 Å². The number of aromatic nitrogens is 1. The Balaban J connectivity index is 1.73. The third-order valence-electron chi connectivity index (χ3n) is 5.00. The molecule has 1 aliphatic carbocycles. The van der Waals surface area contributed by atoms with E-state index in [2.05, 4.69) is 0 Å². The van der Waals surface area contributed by atoms with E-state index in [9.17, 15) is 9.18 Å². The monoisotopic (exact) mass is 349 g/mol. The second-order valence-corrected chi connectivity index (χ2v) is 6.74. The van der Waals surface area contributed by atoms with Crippen LogP contribution in [0.25, 0.3) is 10.9 Å². The molecule has 0 amide bonds. The number of carbonyl (C=O) groups is 1. The van der Waals surface area contributed by atoms with E-state index in [0.29, 0.717) is 5.56 Å². The number of ether oxygens (including phenoxy) is 1. The summed E-state index contributed by atoms with van der Waals surface area (Å²) in [5, 5.41) is 0.837. The number of carbonyl (C=O) groups excluding carboxylic acids is 1. The zero-order valence-electron chi connectivity index (χ0n) is 14.7. The van der Waals surface area contributed by atoms with Crippen LogP contribution in [0.5, 0.6) is 0 Å². The Labute approximate surface area is 151 Å². The Morgan fingerprint density at radius 2 is 1.81 bits per heavy atom. The lowest BCUT2D eigenvalue weighted by Crippen LogP contribution is -2.17. The first-order valence-corrected chi connectivity index (χ1v) is 9.00. The first-order chi connectivity index (χ1) is 12.6. The molecule has 0 fully saturated rings. The fraction of sp³-hybridized carbons (Fsp3) is 0.273. The highest BCUT2D eigenvalue weighted by Crippen LogP contribution is 2.31. The van der Waals surface area contributed by atoms with Crippen LogP contribution >= 0.6 is 0 Å². The Morgan fingerprint density at radius 3 is 2.62 bits per heavy atom. The summed E-state index contributed by atoms with van der Waals surface area (Å²) in [4.78, 5) is 17.8. The number of hydrogen-bond acceptors (Lipinski definition) is 3. The lowest BCUT2D eigenvalue weighted by molar-refractivity contribution is 0.0338. The van der Waals surface area contributed by atoms with Crippen LogP contribution < -0.4 is 0 Å². The van der Waals surface area contributed by atoms with Gasteiger partial charge < -0.3 is 4.74 Å². The summed E-state index contributed by atoms with van der Waals surface area (Å²) in [6.07, 6.45) is 3.45. The second-order valence-electron chi connectivity index (χ2n) is 6.74. The van der Waals surface area contributed by atoms with Crippen molar-refractivity contribution in [1.29, 1.82) is 0 Å². The van der Waals surface area contributed by atoms with Gasteiger partial charge in [0.25, 0.3) is 0 Å². The van der Waals surface area contributed by atoms with Crippen molar-refractivity contribution in [3.05, 3.63) is 76.7 Å². The molecule has 4 heteroatoms. The highest BCUT2D eigenvalue weighted by Gasteiger charge is 2.25. The summed E-state index contributed by atoms with van der Waals surface area (Å²) in [7, 11) is 0. The minimum atomic E-state index is -0.450. The van der Waals surface area contributed by atoms with Gasteiger partial charge in [-0.2, -0.15) is 0 Å². The van der Waals surface area contributed by atoms with E-state index in [1.54, 1.807) is 19.1 Å². The quantitative estimate of drug-likeness (QED) is 0.612. The van der Waals surface area contributed by atoms with E-state index in [1.807, 2.05) is 24.3 Å². The fourth-order valence-corrected chi connectivity index (χ4v) is 3.63. The van der Waals surface area contributed by atoms with Crippen LogP contribution in [-0.4, -0.2) is 11.0 Å². The molecule has 0 radical (unpaired) electrons. The third kappa shape index (κ3) is 3.07. The molecular formula is C22H20FNO2. The van der Waals surface area contributed by atoms with Gasteiger partial charge in [0.2, 0.25) is 0 Å². The predicted octanol–water partition coefficient (Wildman–Crippen LogP) is 5.17. The lowest BCUT2D eigenvalue weighted by Gasteiger charge is -2.21. The summed E-state index contributed by atoms with van der Waals surface area (Å²) >= 11 is 0. The average molecular weight is 349 g/mol. The summed E-state index contributed by atoms with van der Waals surface area (Å²) in [6.45, 7) is 1.81. The molecule has 0 bridgehead atoms. The first-order valence-electron chi connectivity index (χ1n) is 9.00. The zero-order valence-corrected chi connectivity index (χ0v) is 14.7. The van der Waals surface area contributed by atoms with E-state index in [1.165, 1.54) is 12.1 Å². The molecule has 0 N–H and O–H groups in total. The maximum Gasteiger partial charge on any atom is 0.339 e. The standard InChI is InChI=1S/C22H20FNO2/c1-14(15-10-12-16(23)13-11-15)26-22(25)21-17-6-2-4-8-19(17)24-20-9-5-3-7-18(20)21/h2,4,6,8,10-14H,3,5,7,9H2,1H3/t14-/m1/s1. The first kappa shape index (κ1) is 16.7. The van der Waals surface area contributed by atoms with Gasteiger partial charge in [0.15, 0.2) is 0 Å². The van der Waals surface area contributed by atoms with Crippen LogP contribution in [0.4, 0.5) is 4.39 Å². The van der Waals surface area contributed by atoms with Crippen molar-refractivity contribution in [2.24, 2.45) is 0 Å². The van der Waals surface area contributed by atoms with Crippen LogP contribution in [0.3, 0.4) is 0 Å². The van der Waals surface area contributed by atoms with E-state index in [-0.39, 0.29) is 11.8 Å². The van der Waals surface area contributed by atoms with Crippen molar-refractivity contribution in [2.45, 2.75) is 38.7 Å². The maximum atomic E-state index is 13.1. The molecule has 1 atom stereocenters. The summed E-state index contributed by atoms with van der Waals surface area (Å²) < 4.78 is 18.9. The van der Waals surface area contributed by atoms with Gasteiger partial charge in [-0.3, -0.25) is 4.98 Å². The van der Waals surface area contributed by atoms with Crippen molar-refractivity contribution in [1.82, 2.24) is 4.98 Å². The van der Waals surface area contributed by atoms with Crippen LogP contribution in [0.2, 0.25) is 0 Å². The number of halogens is 1. The van der Waals surface area contributed by atoms with Gasteiger partial charge in [-0.15, -0.1) is 0 Å². The van der Waals surface area contributed by atoms with Gasteiger partial charge >= 0.3 is 5.97 Å². The number of fused-ring (bicyclic) bond motifs is 2. The largest absolute Gasteiger partial charge is 0.454 e. The Kier molecular flexibility index (Phi) is 4.41. The Morgan fingerprint density at radius 1 is 1.08 bits per heavy atom. The Hall–Kier alpha value is -2.75. The maximum absolute atomic E-state index is 13.1. The lowest BCUT2D eigenvalue weighted by atomic mass is 9.90. The molecule has 1 aromatic heterocycles. The molecule has 1 heterocycles. The van der Waals surface area contributed by atoms with E-state index in [0.717, 1.165) is 53.4 Å².